The fraction of sp³-hybridized carbons (Fsp3) is 0.450. The van der Waals surface area contributed by atoms with Crippen LogP contribution in [-0.2, 0) is 26.6 Å². The van der Waals surface area contributed by atoms with Gasteiger partial charge in [-0.1, -0.05) is 6.08 Å². The lowest BCUT2D eigenvalue weighted by molar-refractivity contribution is 0.346. The Morgan fingerprint density at radius 1 is 1.25 bits per heavy atom. The molecule has 1 aromatic carbocycles. The summed E-state index contributed by atoms with van der Waals surface area (Å²) < 4.78 is 12.8. The molecule has 0 radical (unpaired) electrons. The van der Waals surface area contributed by atoms with Crippen molar-refractivity contribution in [1.82, 2.24) is 25.0 Å². The third kappa shape index (κ3) is 4.11. The largest absolute Gasteiger partial charge is 0.493 e. The Labute approximate surface area is 165 Å². The van der Waals surface area contributed by atoms with Crippen LogP contribution >= 0.6 is 0 Å². The molecule has 0 amide bonds. The molecule has 0 unspecified atom stereocenters. The number of rotatable bonds is 6. The van der Waals surface area contributed by atoms with E-state index in [-0.39, 0.29) is 0 Å². The first kappa shape index (κ1) is 19.7. The number of methoxy groups -OCH3 is 2. The van der Waals surface area contributed by atoms with Gasteiger partial charge in [-0.05, 0) is 36.6 Å². The van der Waals surface area contributed by atoms with Gasteiger partial charge in [0.25, 0.3) is 0 Å². The van der Waals surface area contributed by atoms with Gasteiger partial charge in [0, 0.05) is 26.7 Å². The Bertz CT molecular complexity index is 874. The molecule has 0 bridgehead atoms. The van der Waals surface area contributed by atoms with Gasteiger partial charge in [0.1, 0.15) is 12.4 Å². The van der Waals surface area contributed by atoms with Crippen LogP contribution in [0.15, 0.2) is 29.8 Å². The first-order chi connectivity index (χ1) is 13.6. The smallest absolute Gasteiger partial charge is 0.194 e. The third-order valence-corrected chi connectivity index (χ3v) is 4.98. The minimum atomic E-state index is 0.464. The molecule has 8 nitrogen and oxygen atoms in total. The van der Waals surface area contributed by atoms with E-state index in [9.17, 15) is 0 Å². The predicted octanol–water partition coefficient (Wildman–Crippen LogP) is 1.83. The van der Waals surface area contributed by atoms with E-state index in [0.717, 1.165) is 48.6 Å². The van der Waals surface area contributed by atoms with Crippen molar-refractivity contribution >= 4 is 5.96 Å². The number of nitrogens with zero attached hydrogens (tertiary/aromatic N) is 5. The zero-order valence-corrected chi connectivity index (χ0v) is 17.0. The molecular weight excluding hydrogens is 356 g/mol. The van der Waals surface area contributed by atoms with E-state index in [4.69, 9.17) is 14.5 Å². The van der Waals surface area contributed by atoms with Crippen molar-refractivity contribution in [1.29, 1.82) is 0 Å². The Hall–Kier alpha value is -3.03. The van der Waals surface area contributed by atoms with Crippen molar-refractivity contribution in [3.05, 3.63) is 47.6 Å². The zero-order chi connectivity index (χ0) is 20.1. The normalized spacial score (nSPS) is 13.9. The number of guanidine groups is 1. The molecule has 0 atom stereocenters. The minimum Gasteiger partial charge on any atom is -0.493 e. The second kappa shape index (κ2) is 8.77. The number of hydrogen-bond donors (Lipinski definition) is 1. The highest BCUT2D eigenvalue weighted by Gasteiger charge is 2.22. The molecule has 3 rings (SSSR count). The van der Waals surface area contributed by atoms with Crippen LogP contribution in [0, 0.1) is 6.92 Å². The van der Waals surface area contributed by atoms with Gasteiger partial charge in [-0.15, -0.1) is 16.8 Å². The maximum atomic E-state index is 5.46. The number of aryl methyl sites for hydroxylation is 1. The van der Waals surface area contributed by atoms with Gasteiger partial charge in [-0.25, -0.2) is 4.99 Å². The van der Waals surface area contributed by atoms with Crippen LogP contribution in [0.25, 0.3) is 0 Å². The van der Waals surface area contributed by atoms with E-state index in [0.29, 0.717) is 13.1 Å². The first-order valence-electron chi connectivity index (χ1n) is 9.30. The van der Waals surface area contributed by atoms with Crippen LogP contribution in [0.5, 0.6) is 11.5 Å². The highest BCUT2D eigenvalue weighted by atomic mass is 16.5. The molecule has 0 aliphatic carbocycles. The molecule has 150 valence electrons. The summed E-state index contributed by atoms with van der Waals surface area (Å²) in [6.07, 6.45) is 2.74. The number of benzene rings is 1. The number of fused-ring (bicyclic) bond motifs is 1. The molecule has 2 heterocycles. The Balaban J connectivity index is 1.82. The molecule has 0 saturated heterocycles. The monoisotopic (exact) mass is 384 g/mol. The van der Waals surface area contributed by atoms with Crippen LogP contribution in [0.3, 0.4) is 0 Å². The molecule has 1 aromatic heterocycles. The Morgan fingerprint density at radius 3 is 2.57 bits per heavy atom. The lowest BCUT2D eigenvalue weighted by atomic mass is 9.99. The highest BCUT2D eigenvalue weighted by Crippen LogP contribution is 2.33. The van der Waals surface area contributed by atoms with Gasteiger partial charge in [-0.2, -0.15) is 0 Å². The van der Waals surface area contributed by atoms with Crippen molar-refractivity contribution < 1.29 is 9.47 Å². The second-order valence-corrected chi connectivity index (χ2v) is 6.68. The molecule has 8 heteroatoms. The number of aliphatic imine (C=N–C) groups is 1. The van der Waals surface area contributed by atoms with Gasteiger partial charge in [0.2, 0.25) is 0 Å². The van der Waals surface area contributed by atoms with E-state index in [1.807, 2.05) is 24.6 Å². The Kier molecular flexibility index (Phi) is 6.18. The summed E-state index contributed by atoms with van der Waals surface area (Å²) in [7, 11) is 5.28. The lowest BCUT2D eigenvalue weighted by Gasteiger charge is -2.32. The van der Waals surface area contributed by atoms with Gasteiger partial charge in [-0.3, -0.25) is 0 Å². The fourth-order valence-corrected chi connectivity index (χ4v) is 3.23. The van der Waals surface area contributed by atoms with Gasteiger partial charge in [0.15, 0.2) is 23.3 Å². The molecule has 0 fully saturated rings. The van der Waals surface area contributed by atoms with Crippen LogP contribution in [0.4, 0.5) is 0 Å². The van der Waals surface area contributed by atoms with Crippen molar-refractivity contribution in [3.8, 4) is 11.5 Å². The standard InChI is InChI=1S/C20H28N6O2/c1-6-8-21-20(22-12-19-24-23-14(2)25(19)3)26-9-7-15-10-17(27-4)18(28-5)11-16(15)13-26/h6,10-11H,1,7-9,12-13H2,2-5H3,(H,21,22). The maximum Gasteiger partial charge on any atom is 0.194 e. The van der Waals surface area contributed by atoms with Crippen LogP contribution in [0.2, 0.25) is 0 Å². The summed E-state index contributed by atoms with van der Waals surface area (Å²) in [5.74, 6) is 4.06. The fourth-order valence-electron chi connectivity index (χ4n) is 3.23. The molecule has 1 aliphatic heterocycles. The zero-order valence-electron chi connectivity index (χ0n) is 17.0. The van der Waals surface area contributed by atoms with Crippen molar-refractivity contribution in [2.75, 3.05) is 27.3 Å². The molecule has 2 aromatic rings. The number of ether oxygens (including phenoxy) is 2. The quantitative estimate of drug-likeness (QED) is 0.465. The van der Waals surface area contributed by atoms with Gasteiger partial charge < -0.3 is 24.3 Å². The van der Waals surface area contributed by atoms with Crippen LogP contribution < -0.4 is 14.8 Å². The summed E-state index contributed by atoms with van der Waals surface area (Å²) in [5, 5.41) is 11.7. The lowest BCUT2D eigenvalue weighted by Crippen LogP contribution is -2.44. The van der Waals surface area contributed by atoms with Crippen molar-refractivity contribution in [2.45, 2.75) is 26.4 Å². The van der Waals surface area contributed by atoms with Gasteiger partial charge in [0.05, 0.1) is 14.2 Å². The molecule has 0 saturated carbocycles. The van der Waals surface area contributed by atoms with E-state index in [1.54, 1.807) is 14.2 Å². The molecule has 1 N–H and O–H groups in total. The van der Waals surface area contributed by atoms with E-state index >= 15 is 0 Å². The summed E-state index contributed by atoms with van der Waals surface area (Å²) >= 11 is 0. The number of hydrogen-bond acceptors (Lipinski definition) is 5. The van der Waals surface area contributed by atoms with Crippen molar-refractivity contribution in [2.24, 2.45) is 12.0 Å². The number of nitrogens with one attached hydrogen (secondary N) is 1. The summed E-state index contributed by atoms with van der Waals surface area (Å²) in [6.45, 7) is 8.45. The third-order valence-electron chi connectivity index (χ3n) is 4.98. The average Bonchev–Trinajstić information content (AvgIpc) is 3.04. The molecule has 1 aliphatic rings. The molecule has 28 heavy (non-hydrogen) atoms. The van der Waals surface area contributed by atoms with Gasteiger partial charge >= 0.3 is 0 Å². The first-order valence-corrected chi connectivity index (χ1v) is 9.30. The second-order valence-electron chi connectivity index (χ2n) is 6.68. The summed E-state index contributed by atoms with van der Waals surface area (Å²) in [6, 6.07) is 4.12. The Morgan fingerprint density at radius 2 is 1.96 bits per heavy atom. The van der Waals surface area contributed by atoms with Crippen LogP contribution in [-0.4, -0.2) is 52.9 Å². The number of aromatic nitrogens is 3. The minimum absolute atomic E-state index is 0.464. The predicted molar refractivity (Wildman–Crippen MR) is 109 cm³/mol. The van der Waals surface area contributed by atoms with E-state index in [1.165, 1.54) is 11.1 Å². The van der Waals surface area contributed by atoms with Crippen molar-refractivity contribution in [3.63, 3.8) is 0 Å². The summed E-state index contributed by atoms with van der Waals surface area (Å²) in [5.41, 5.74) is 2.49. The van der Waals surface area contributed by atoms with E-state index < -0.39 is 0 Å². The molecular formula is C20H28N6O2. The highest BCUT2D eigenvalue weighted by molar-refractivity contribution is 5.80. The summed E-state index contributed by atoms with van der Waals surface area (Å²) in [4.78, 5) is 7.02. The maximum absolute atomic E-state index is 5.46. The topological polar surface area (TPSA) is 76.8 Å². The van der Waals surface area contributed by atoms with Crippen LogP contribution in [0.1, 0.15) is 22.8 Å². The average molecular weight is 384 g/mol. The SMILES string of the molecule is C=CCNC(=NCc1nnc(C)n1C)N1CCc2cc(OC)c(OC)cc2C1. The van der Waals surface area contributed by atoms with E-state index in [2.05, 4.69) is 39.1 Å². The molecule has 0 spiro atoms.